The Balaban J connectivity index is 2.36. The highest BCUT2D eigenvalue weighted by Crippen LogP contribution is 2.34. The maximum atomic E-state index is 8.61. The summed E-state index contributed by atoms with van der Waals surface area (Å²) in [5.74, 6) is 0.708. The average Bonchev–Trinajstić information content (AvgIpc) is 2.26. The van der Waals surface area contributed by atoms with Crippen LogP contribution >= 0.6 is 27.5 Å². The molecule has 0 saturated carbocycles. The Morgan fingerprint density at radius 1 is 1.41 bits per heavy atom. The van der Waals surface area contributed by atoms with Crippen molar-refractivity contribution < 1.29 is 15.2 Å². The molecule has 3 nitrogen and oxygen atoms in total. The Morgan fingerprint density at radius 2 is 2.18 bits per heavy atom. The van der Waals surface area contributed by atoms with Gasteiger partial charge in [0, 0.05) is 6.42 Å². The molecular formula is C12H18BrClNO2+. The zero-order valence-electron chi connectivity index (χ0n) is 9.88. The SMILES string of the molecule is Cc1cc(Cl)c(OCCC[NH2+]CCO)c(Br)c1. The number of aliphatic hydroxyl groups is 1. The Labute approximate surface area is 115 Å². The first-order valence-corrected chi connectivity index (χ1v) is 6.83. The number of aliphatic hydroxyl groups excluding tert-OH is 1. The number of rotatable bonds is 7. The molecule has 0 aliphatic carbocycles. The molecule has 5 heteroatoms. The first-order valence-electron chi connectivity index (χ1n) is 5.66. The highest BCUT2D eigenvalue weighted by Gasteiger charge is 2.07. The number of halogens is 2. The van der Waals surface area contributed by atoms with Crippen molar-refractivity contribution in [3.63, 3.8) is 0 Å². The molecule has 0 spiro atoms. The minimum atomic E-state index is 0.218. The minimum Gasteiger partial charge on any atom is -0.491 e. The number of hydrogen-bond donors (Lipinski definition) is 2. The zero-order valence-corrected chi connectivity index (χ0v) is 12.2. The van der Waals surface area contributed by atoms with Crippen LogP contribution in [0.1, 0.15) is 12.0 Å². The molecule has 3 N–H and O–H groups in total. The van der Waals surface area contributed by atoms with E-state index in [9.17, 15) is 0 Å². The van der Waals surface area contributed by atoms with Gasteiger partial charge in [-0.25, -0.2) is 0 Å². The molecule has 1 aromatic carbocycles. The predicted octanol–water partition coefficient (Wildman–Crippen LogP) is 1.74. The van der Waals surface area contributed by atoms with Gasteiger partial charge in [-0.05, 0) is 40.5 Å². The smallest absolute Gasteiger partial charge is 0.152 e. The topological polar surface area (TPSA) is 46.1 Å². The van der Waals surface area contributed by atoms with Gasteiger partial charge in [-0.15, -0.1) is 0 Å². The fraction of sp³-hybridized carbons (Fsp3) is 0.500. The van der Waals surface area contributed by atoms with Gasteiger partial charge in [0.2, 0.25) is 0 Å². The van der Waals surface area contributed by atoms with Crippen LogP contribution in [0.15, 0.2) is 16.6 Å². The lowest BCUT2D eigenvalue weighted by atomic mass is 10.2. The summed E-state index contributed by atoms with van der Waals surface area (Å²) in [7, 11) is 0. The molecule has 0 atom stereocenters. The van der Waals surface area contributed by atoms with Gasteiger partial charge in [-0.1, -0.05) is 11.6 Å². The van der Waals surface area contributed by atoms with Crippen molar-refractivity contribution in [2.75, 3.05) is 26.3 Å². The molecule has 0 aromatic heterocycles. The first kappa shape index (κ1) is 14.8. The standard InChI is InChI=1S/C12H17BrClNO2/c1-9-7-10(13)12(11(14)8-9)17-6-2-3-15-4-5-16/h7-8,15-16H,2-6H2,1H3/p+1. The number of ether oxygens (including phenoxy) is 1. The van der Waals surface area contributed by atoms with Crippen molar-refractivity contribution in [3.8, 4) is 5.75 Å². The van der Waals surface area contributed by atoms with Crippen LogP contribution in [0.4, 0.5) is 0 Å². The number of quaternary nitrogens is 1. The maximum Gasteiger partial charge on any atom is 0.152 e. The molecule has 96 valence electrons. The molecule has 0 aliphatic heterocycles. The molecule has 0 bridgehead atoms. The highest BCUT2D eigenvalue weighted by atomic mass is 79.9. The van der Waals surface area contributed by atoms with E-state index in [1.165, 1.54) is 0 Å². The average molecular weight is 324 g/mol. The van der Waals surface area contributed by atoms with Crippen molar-refractivity contribution in [1.82, 2.24) is 0 Å². The summed E-state index contributed by atoms with van der Waals surface area (Å²) >= 11 is 9.54. The van der Waals surface area contributed by atoms with Gasteiger partial charge >= 0.3 is 0 Å². The number of hydrogen-bond acceptors (Lipinski definition) is 2. The summed E-state index contributed by atoms with van der Waals surface area (Å²) < 4.78 is 6.53. The van der Waals surface area contributed by atoms with Crippen LogP contribution in [0.2, 0.25) is 5.02 Å². The van der Waals surface area contributed by atoms with Gasteiger partial charge in [-0.3, -0.25) is 0 Å². The van der Waals surface area contributed by atoms with Crippen molar-refractivity contribution >= 4 is 27.5 Å². The van der Waals surface area contributed by atoms with Crippen molar-refractivity contribution in [3.05, 3.63) is 27.2 Å². The van der Waals surface area contributed by atoms with Crippen LogP contribution < -0.4 is 10.1 Å². The molecule has 1 aromatic rings. The Morgan fingerprint density at radius 3 is 2.82 bits per heavy atom. The van der Waals surface area contributed by atoms with Gasteiger partial charge in [0.25, 0.3) is 0 Å². The van der Waals surface area contributed by atoms with Gasteiger partial charge in [0.15, 0.2) is 5.75 Å². The summed E-state index contributed by atoms with van der Waals surface area (Å²) in [5.41, 5.74) is 1.10. The van der Waals surface area contributed by atoms with Crippen LogP contribution in [0.25, 0.3) is 0 Å². The zero-order chi connectivity index (χ0) is 12.7. The van der Waals surface area contributed by atoms with E-state index >= 15 is 0 Å². The summed E-state index contributed by atoms with van der Waals surface area (Å²) in [6.07, 6.45) is 0.927. The fourth-order valence-corrected chi connectivity index (χ4v) is 2.59. The first-order chi connectivity index (χ1) is 8.15. The third-order valence-corrected chi connectivity index (χ3v) is 3.14. The monoisotopic (exact) mass is 322 g/mol. The third-order valence-electron chi connectivity index (χ3n) is 2.27. The quantitative estimate of drug-likeness (QED) is 0.751. The second-order valence-electron chi connectivity index (χ2n) is 3.85. The Hall–Kier alpha value is -0.290. The van der Waals surface area contributed by atoms with Gasteiger partial charge < -0.3 is 15.2 Å². The second-order valence-corrected chi connectivity index (χ2v) is 5.11. The van der Waals surface area contributed by atoms with E-state index in [0.29, 0.717) is 17.4 Å². The second kappa shape index (κ2) is 7.93. The molecule has 0 radical (unpaired) electrons. The normalized spacial score (nSPS) is 10.6. The van der Waals surface area contributed by atoms with Gasteiger partial charge in [0.05, 0.1) is 35.8 Å². The lowest BCUT2D eigenvalue weighted by molar-refractivity contribution is -0.656. The Bertz CT molecular complexity index is 337. The van der Waals surface area contributed by atoms with Gasteiger partial charge in [-0.2, -0.15) is 0 Å². The number of nitrogens with two attached hydrogens (primary N) is 1. The summed E-state index contributed by atoms with van der Waals surface area (Å²) in [4.78, 5) is 0. The minimum absolute atomic E-state index is 0.218. The van der Waals surface area contributed by atoms with E-state index < -0.39 is 0 Å². The molecule has 17 heavy (non-hydrogen) atoms. The largest absolute Gasteiger partial charge is 0.491 e. The maximum absolute atomic E-state index is 8.61. The van der Waals surface area contributed by atoms with Crippen molar-refractivity contribution in [2.24, 2.45) is 0 Å². The molecule has 0 heterocycles. The van der Waals surface area contributed by atoms with Crippen LogP contribution in [0.3, 0.4) is 0 Å². The fourth-order valence-electron chi connectivity index (χ4n) is 1.46. The van der Waals surface area contributed by atoms with Crippen LogP contribution in [-0.4, -0.2) is 31.4 Å². The van der Waals surface area contributed by atoms with E-state index in [4.69, 9.17) is 21.4 Å². The molecule has 0 saturated heterocycles. The summed E-state index contributed by atoms with van der Waals surface area (Å²) in [6, 6.07) is 3.87. The van der Waals surface area contributed by atoms with E-state index in [1.54, 1.807) is 0 Å². The lowest BCUT2D eigenvalue weighted by Crippen LogP contribution is -2.85. The predicted molar refractivity (Wildman–Crippen MR) is 72.7 cm³/mol. The molecule has 0 unspecified atom stereocenters. The van der Waals surface area contributed by atoms with Gasteiger partial charge in [0.1, 0.15) is 0 Å². The highest BCUT2D eigenvalue weighted by molar-refractivity contribution is 9.10. The van der Waals surface area contributed by atoms with E-state index in [-0.39, 0.29) is 6.61 Å². The number of aryl methyl sites for hydroxylation is 1. The van der Waals surface area contributed by atoms with Crippen LogP contribution in [0, 0.1) is 6.92 Å². The molecule has 0 fully saturated rings. The van der Waals surface area contributed by atoms with Crippen molar-refractivity contribution in [2.45, 2.75) is 13.3 Å². The van der Waals surface area contributed by atoms with E-state index in [2.05, 4.69) is 21.2 Å². The Kier molecular flexibility index (Phi) is 6.89. The third kappa shape index (κ3) is 5.25. The van der Waals surface area contributed by atoms with Crippen LogP contribution in [-0.2, 0) is 0 Å². The number of benzene rings is 1. The van der Waals surface area contributed by atoms with E-state index in [0.717, 1.165) is 29.5 Å². The summed E-state index contributed by atoms with van der Waals surface area (Å²) in [6.45, 7) is 4.53. The summed E-state index contributed by atoms with van der Waals surface area (Å²) in [5, 5.41) is 11.3. The molecule has 0 amide bonds. The lowest BCUT2D eigenvalue weighted by Gasteiger charge is -2.10. The molecule has 0 aliphatic rings. The van der Waals surface area contributed by atoms with Crippen LogP contribution in [0.5, 0.6) is 5.75 Å². The molecule has 1 rings (SSSR count). The van der Waals surface area contributed by atoms with E-state index in [1.807, 2.05) is 19.1 Å². The molecular weight excluding hydrogens is 305 g/mol. The van der Waals surface area contributed by atoms with Crippen molar-refractivity contribution in [1.29, 1.82) is 0 Å².